The first-order valence-corrected chi connectivity index (χ1v) is 7.31. The lowest BCUT2D eigenvalue weighted by molar-refractivity contribution is -0.146. The number of carbonyl (C=O) groups excluding carboxylic acids is 1. The summed E-state index contributed by atoms with van der Waals surface area (Å²) >= 11 is 0. The Hall–Kier alpha value is -2.62. The second kappa shape index (κ2) is 6.43. The van der Waals surface area contributed by atoms with E-state index in [1.807, 2.05) is 60.7 Å². The van der Waals surface area contributed by atoms with Gasteiger partial charge in [-0.2, -0.15) is 0 Å². The maximum Gasteiger partial charge on any atom is 0.335 e. The molecule has 0 spiro atoms. The SMILES string of the molecule is CCOC(=O)[C@H]1N=C(c2ccccc2)O[C@H]1c1ccccc1. The van der Waals surface area contributed by atoms with Crippen LogP contribution in [0.2, 0.25) is 0 Å². The average Bonchev–Trinajstić information content (AvgIpc) is 3.02. The summed E-state index contributed by atoms with van der Waals surface area (Å²) in [6.07, 6.45) is -0.449. The normalized spacial score (nSPS) is 20.1. The van der Waals surface area contributed by atoms with Crippen LogP contribution in [0.25, 0.3) is 0 Å². The lowest BCUT2D eigenvalue weighted by Gasteiger charge is -2.16. The molecule has 2 atom stereocenters. The molecule has 4 heteroatoms. The van der Waals surface area contributed by atoms with Crippen molar-refractivity contribution in [2.75, 3.05) is 6.61 Å². The van der Waals surface area contributed by atoms with Gasteiger partial charge in [-0.3, -0.25) is 0 Å². The molecule has 0 aromatic heterocycles. The zero-order valence-electron chi connectivity index (χ0n) is 12.3. The molecule has 22 heavy (non-hydrogen) atoms. The highest BCUT2D eigenvalue weighted by Crippen LogP contribution is 2.31. The van der Waals surface area contributed by atoms with Crippen molar-refractivity contribution >= 4 is 11.9 Å². The van der Waals surface area contributed by atoms with Gasteiger partial charge in [0.25, 0.3) is 0 Å². The highest BCUT2D eigenvalue weighted by molar-refractivity contribution is 5.98. The van der Waals surface area contributed by atoms with Crippen molar-refractivity contribution in [2.24, 2.45) is 4.99 Å². The summed E-state index contributed by atoms with van der Waals surface area (Å²) in [5, 5.41) is 0. The molecule has 1 heterocycles. The van der Waals surface area contributed by atoms with Gasteiger partial charge in [0.2, 0.25) is 5.90 Å². The van der Waals surface area contributed by atoms with E-state index in [-0.39, 0.29) is 5.97 Å². The van der Waals surface area contributed by atoms with Crippen molar-refractivity contribution in [1.29, 1.82) is 0 Å². The van der Waals surface area contributed by atoms with Gasteiger partial charge in [0, 0.05) is 5.56 Å². The first-order chi connectivity index (χ1) is 10.8. The van der Waals surface area contributed by atoms with E-state index in [1.165, 1.54) is 0 Å². The summed E-state index contributed by atoms with van der Waals surface area (Å²) in [5.74, 6) is 0.120. The Morgan fingerprint density at radius 1 is 1.09 bits per heavy atom. The number of hydrogen-bond donors (Lipinski definition) is 0. The average molecular weight is 295 g/mol. The third kappa shape index (κ3) is 2.86. The molecule has 4 nitrogen and oxygen atoms in total. The number of carbonyl (C=O) groups is 1. The van der Waals surface area contributed by atoms with E-state index < -0.39 is 12.1 Å². The molecule has 2 aromatic carbocycles. The van der Waals surface area contributed by atoms with E-state index in [1.54, 1.807) is 6.92 Å². The fraction of sp³-hybridized carbons (Fsp3) is 0.222. The van der Waals surface area contributed by atoms with E-state index in [0.717, 1.165) is 11.1 Å². The van der Waals surface area contributed by atoms with Crippen molar-refractivity contribution in [3.63, 3.8) is 0 Å². The molecule has 0 radical (unpaired) electrons. The van der Waals surface area contributed by atoms with Gasteiger partial charge >= 0.3 is 5.97 Å². The highest BCUT2D eigenvalue weighted by atomic mass is 16.5. The summed E-state index contributed by atoms with van der Waals surface area (Å²) in [6.45, 7) is 2.11. The van der Waals surface area contributed by atoms with Crippen molar-refractivity contribution in [1.82, 2.24) is 0 Å². The quantitative estimate of drug-likeness (QED) is 0.814. The zero-order chi connectivity index (χ0) is 15.4. The van der Waals surface area contributed by atoms with E-state index in [4.69, 9.17) is 9.47 Å². The molecular formula is C18H17NO3. The first-order valence-electron chi connectivity index (χ1n) is 7.31. The Labute approximate surface area is 129 Å². The van der Waals surface area contributed by atoms with Crippen LogP contribution in [0.15, 0.2) is 65.7 Å². The van der Waals surface area contributed by atoms with Crippen molar-refractivity contribution in [3.05, 3.63) is 71.8 Å². The summed E-state index contributed by atoms with van der Waals surface area (Å²) in [7, 11) is 0. The van der Waals surface area contributed by atoms with Crippen LogP contribution < -0.4 is 0 Å². The lowest BCUT2D eigenvalue weighted by Crippen LogP contribution is -2.26. The van der Waals surface area contributed by atoms with Gasteiger partial charge < -0.3 is 9.47 Å². The van der Waals surface area contributed by atoms with Crippen LogP contribution >= 0.6 is 0 Å². The van der Waals surface area contributed by atoms with E-state index >= 15 is 0 Å². The van der Waals surface area contributed by atoms with E-state index in [2.05, 4.69) is 4.99 Å². The topological polar surface area (TPSA) is 47.9 Å². The molecule has 1 aliphatic heterocycles. The Bertz CT molecular complexity index is 667. The van der Waals surface area contributed by atoms with Gasteiger partial charge in [-0.25, -0.2) is 9.79 Å². The van der Waals surface area contributed by atoms with Crippen molar-refractivity contribution in [3.8, 4) is 0 Å². The number of benzene rings is 2. The molecular weight excluding hydrogens is 278 g/mol. The Balaban J connectivity index is 1.92. The lowest BCUT2D eigenvalue weighted by atomic mass is 10.0. The molecule has 2 aromatic rings. The molecule has 0 saturated heterocycles. The molecule has 0 fully saturated rings. The fourth-order valence-corrected chi connectivity index (χ4v) is 2.43. The number of rotatable bonds is 4. The third-order valence-corrected chi connectivity index (χ3v) is 3.46. The molecule has 0 saturated carbocycles. The fourth-order valence-electron chi connectivity index (χ4n) is 2.43. The standard InChI is InChI=1S/C18H17NO3/c1-2-21-18(20)15-16(13-9-5-3-6-10-13)22-17(19-15)14-11-7-4-8-12-14/h3-12,15-16H,2H2,1H3/t15-,16-/m0/s1. The predicted molar refractivity (Wildman–Crippen MR) is 83.7 cm³/mol. The molecule has 0 N–H and O–H groups in total. The van der Waals surface area contributed by atoms with Crippen LogP contribution in [-0.4, -0.2) is 24.5 Å². The van der Waals surface area contributed by atoms with Gasteiger partial charge in [0.1, 0.15) is 0 Å². The van der Waals surface area contributed by atoms with Crippen LogP contribution in [0.4, 0.5) is 0 Å². The van der Waals surface area contributed by atoms with Crippen LogP contribution in [0.3, 0.4) is 0 Å². The second-order valence-corrected chi connectivity index (χ2v) is 4.95. The van der Waals surface area contributed by atoms with Gasteiger partial charge in [0.15, 0.2) is 12.1 Å². The van der Waals surface area contributed by atoms with Crippen LogP contribution in [-0.2, 0) is 14.3 Å². The Kier molecular flexibility index (Phi) is 4.19. The van der Waals surface area contributed by atoms with Gasteiger partial charge in [-0.1, -0.05) is 48.5 Å². The predicted octanol–water partition coefficient (Wildman–Crippen LogP) is 3.14. The maximum atomic E-state index is 12.2. The number of aliphatic imine (C=N–C) groups is 1. The zero-order valence-corrected chi connectivity index (χ0v) is 12.3. The summed E-state index contributed by atoms with van der Waals surface area (Å²) < 4.78 is 11.1. The van der Waals surface area contributed by atoms with Gasteiger partial charge in [-0.05, 0) is 24.6 Å². The number of hydrogen-bond acceptors (Lipinski definition) is 4. The number of ether oxygens (including phenoxy) is 2. The molecule has 112 valence electrons. The Morgan fingerprint density at radius 2 is 1.73 bits per heavy atom. The van der Waals surface area contributed by atoms with Gasteiger partial charge in [-0.15, -0.1) is 0 Å². The summed E-state index contributed by atoms with van der Waals surface area (Å²) in [4.78, 5) is 16.7. The minimum atomic E-state index is -0.669. The first kappa shape index (κ1) is 14.3. The molecule has 0 bridgehead atoms. The van der Waals surface area contributed by atoms with Crippen molar-refractivity contribution < 1.29 is 14.3 Å². The number of nitrogens with zero attached hydrogens (tertiary/aromatic N) is 1. The largest absolute Gasteiger partial charge is 0.466 e. The maximum absolute atomic E-state index is 12.2. The second-order valence-electron chi connectivity index (χ2n) is 4.95. The molecule has 0 amide bonds. The summed E-state index contributed by atoms with van der Waals surface area (Å²) in [5.41, 5.74) is 1.77. The molecule has 1 aliphatic rings. The van der Waals surface area contributed by atoms with Crippen molar-refractivity contribution in [2.45, 2.75) is 19.1 Å². The van der Waals surface area contributed by atoms with Crippen LogP contribution in [0, 0.1) is 0 Å². The monoisotopic (exact) mass is 295 g/mol. The summed E-state index contributed by atoms with van der Waals surface area (Å²) in [6, 6.07) is 18.5. The van der Waals surface area contributed by atoms with Crippen LogP contribution in [0.5, 0.6) is 0 Å². The number of esters is 1. The minimum absolute atomic E-state index is 0.326. The third-order valence-electron chi connectivity index (χ3n) is 3.46. The molecule has 0 unspecified atom stereocenters. The van der Waals surface area contributed by atoms with Crippen LogP contribution in [0.1, 0.15) is 24.2 Å². The van der Waals surface area contributed by atoms with Gasteiger partial charge in [0.05, 0.1) is 6.61 Å². The molecule has 0 aliphatic carbocycles. The minimum Gasteiger partial charge on any atom is -0.466 e. The Morgan fingerprint density at radius 3 is 2.36 bits per heavy atom. The molecule has 3 rings (SSSR count). The highest BCUT2D eigenvalue weighted by Gasteiger charge is 2.38. The van der Waals surface area contributed by atoms with E-state index in [9.17, 15) is 4.79 Å². The smallest absolute Gasteiger partial charge is 0.335 e. The van der Waals surface area contributed by atoms with E-state index in [0.29, 0.717) is 12.5 Å².